The van der Waals surface area contributed by atoms with Crippen molar-refractivity contribution in [1.29, 1.82) is 0 Å². The fourth-order valence-electron chi connectivity index (χ4n) is 1.66. The van der Waals surface area contributed by atoms with Gasteiger partial charge in [0.15, 0.2) is 6.10 Å². The number of anilines is 1. The molecule has 2 aromatic rings. The van der Waals surface area contributed by atoms with Crippen LogP contribution < -0.4 is 5.32 Å². The third-order valence-corrected chi connectivity index (χ3v) is 3.79. The highest BCUT2D eigenvalue weighted by atomic mass is 32.1. The van der Waals surface area contributed by atoms with Crippen molar-refractivity contribution in [3.63, 3.8) is 0 Å². The summed E-state index contributed by atoms with van der Waals surface area (Å²) in [6, 6.07) is 6.56. The molecule has 1 atom stereocenters. The van der Waals surface area contributed by atoms with Crippen LogP contribution in [0.2, 0.25) is 0 Å². The first-order valence-electron chi connectivity index (χ1n) is 6.41. The Kier molecular flexibility index (Phi) is 4.87. The lowest BCUT2D eigenvalue weighted by Gasteiger charge is -2.13. The van der Waals surface area contributed by atoms with E-state index >= 15 is 0 Å². The first kappa shape index (κ1) is 16.1. The first-order chi connectivity index (χ1) is 10.4. The zero-order chi connectivity index (χ0) is 16.3. The first-order valence-corrected chi connectivity index (χ1v) is 7.22. The average Bonchev–Trinajstić information content (AvgIpc) is 2.89. The van der Waals surface area contributed by atoms with Crippen LogP contribution in [0.1, 0.15) is 21.5 Å². The Bertz CT molecular complexity index is 694. The number of nitrogens with one attached hydrogen (secondary N) is 1. The molecule has 2 rings (SSSR count). The molecule has 0 aliphatic heterocycles. The summed E-state index contributed by atoms with van der Waals surface area (Å²) < 4.78 is 31.9. The Morgan fingerprint density at radius 3 is 2.36 bits per heavy atom. The lowest BCUT2D eigenvalue weighted by molar-refractivity contribution is -0.123. The van der Waals surface area contributed by atoms with Gasteiger partial charge < -0.3 is 10.1 Å². The minimum atomic E-state index is -1.19. The number of rotatable bonds is 4. The van der Waals surface area contributed by atoms with Crippen molar-refractivity contribution in [2.24, 2.45) is 0 Å². The molecule has 116 valence electrons. The molecule has 0 aliphatic rings. The molecule has 1 heterocycles. The maximum atomic E-state index is 13.4. The minimum Gasteiger partial charge on any atom is -0.448 e. The van der Waals surface area contributed by atoms with Crippen LogP contribution in [0.15, 0.2) is 30.3 Å². The molecule has 0 bridgehead atoms. The molecular formula is C15H13F2NO3S. The Labute approximate surface area is 129 Å². The number of aryl methyl sites for hydroxylation is 1. The van der Waals surface area contributed by atoms with Gasteiger partial charge in [-0.15, -0.1) is 11.3 Å². The highest BCUT2D eigenvalue weighted by Gasteiger charge is 2.22. The summed E-state index contributed by atoms with van der Waals surface area (Å²) in [6.45, 7) is 3.16. The highest BCUT2D eigenvalue weighted by molar-refractivity contribution is 7.13. The predicted octanol–water partition coefficient (Wildman–Crippen LogP) is 3.52. The van der Waals surface area contributed by atoms with E-state index in [4.69, 9.17) is 4.74 Å². The molecule has 0 aliphatic carbocycles. The molecule has 22 heavy (non-hydrogen) atoms. The lowest BCUT2D eigenvalue weighted by atomic mass is 10.2. The summed E-state index contributed by atoms with van der Waals surface area (Å²) in [4.78, 5) is 25.0. The van der Waals surface area contributed by atoms with Gasteiger partial charge in [-0.1, -0.05) is 6.07 Å². The number of benzene rings is 1. The second-order valence-corrected chi connectivity index (χ2v) is 5.83. The number of esters is 1. The summed E-state index contributed by atoms with van der Waals surface area (Å²) in [6.07, 6.45) is -1.19. The molecule has 1 amide bonds. The van der Waals surface area contributed by atoms with Gasteiger partial charge in [0.25, 0.3) is 5.91 Å². The van der Waals surface area contributed by atoms with Crippen molar-refractivity contribution in [2.45, 2.75) is 20.0 Å². The van der Waals surface area contributed by atoms with Crippen LogP contribution in [0, 0.1) is 18.6 Å². The van der Waals surface area contributed by atoms with E-state index in [0.717, 1.165) is 17.0 Å². The number of ether oxygens (including phenoxy) is 1. The van der Waals surface area contributed by atoms with E-state index in [-0.39, 0.29) is 0 Å². The van der Waals surface area contributed by atoms with Crippen LogP contribution in [0.25, 0.3) is 0 Å². The van der Waals surface area contributed by atoms with E-state index in [1.807, 2.05) is 6.92 Å². The van der Waals surface area contributed by atoms with Crippen molar-refractivity contribution in [3.8, 4) is 0 Å². The van der Waals surface area contributed by atoms with Gasteiger partial charge in [0.1, 0.15) is 22.2 Å². The molecule has 0 spiro atoms. The Morgan fingerprint density at radius 2 is 1.82 bits per heavy atom. The smallest absolute Gasteiger partial charge is 0.349 e. The molecule has 1 unspecified atom stereocenters. The number of thiophene rings is 1. The third-order valence-electron chi connectivity index (χ3n) is 2.81. The van der Waals surface area contributed by atoms with Crippen LogP contribution in [0.5, 0.6) is 0 Å². The van der Waals surface area contributed by atoms with Crippen molar-refractivity contribution in [3.05, 3.63) is 51.7 Å². The van der Waals surface area contributed by atoms with Crippen LogP contribution in [0.3, 0.4) is 0 Å². The quantitative estimate of drug-likeness (QED) is 0.875. The number of amides is 1. The van der Waals surface area contributed by atoms with Crippen LogP contribution in [-0.2, 0) is 9.53 Å². The van der Waals surface area contributed by atoms with Gasteiger partial charge in [-0.25, -0.2) is 13.6 Å². The maximum Gasteiger partial charge on any atom is 0.349 e. The Morgan fingerprint density at radius 1 is 1.18 bits per heavy atom. The summed E-state index contributed by atoms with van der Waals surface area (Å²) in [7, 11) is 0. The predicted molar refractivity (Wildman–Crippen MR) is 78.9 cm³/mol. The molecule has 0 saturated heterocycles. The second-order valence-electron chi connectivity index (χ2n) is 4.54. The van der Waals surface area contributed by atoms with E-state index in [0.29, 0.717) is 4.88 Å². The van der Waals surface area contributed by atoms with Crippen molar-refractivity contribution in [2.75, 3.05) is 5.32 Å². The Hall–Kier alpha value is -2.28. The molecule has 1 aromatic carbocycles. The normalized spacial score (nSPS) is 11.8. The number of para-hydroxylation sites is 1. The third kappa shape index (κ3) is 3.67. The van der Waals surface area contributed by atoms with E-state index in [2.05, 4.69) is 5.32 Å². The lowest BCUT2D eigenvalue weighted by Crippen LogP contribution is -2.30. The van der Waals surface area contributed by atoms with E-state index < -0.39 is 35.3 Å². The number of hydrogen-bond acceptors (Lipinski definition) is 4. The van der Waals surface area contributed by atoms with Gasteiger partial charge in [-0.05, 0) is 38.1 Å². The van der Waals surface area contributed by atoms with Gasteiger partial charge in [0, 0.05) is 4.88 Å². The monoisotopic (exact) mass is 325 g/mol. The SMILES string of the molecule is Cc1ccc(C(=O)OC(C)C(=O)Nc2c(F)cccc2F)s1. The number of carbonyl (C=O) groups excluding carboxylic acids is 2. The van der Waals surface area contributed by atoms with E-state index in [9.17, 15) is 18.4 Å². The molecule has 7 heteroatoms. The number of hydrogen-bond donors (Lipinski definition) is 1. The van der Waals surface area contributed by atoms with Crippen LogP contribution in [-0.4, -0.2) is 18.0 Å². The maximum absolute atomic E-state index is 13.4. The number of carbonyl (C=O) groups is 2. The molecule has 1 aromatic heterocycles. The van der Waals surface area contributed by atoms with Crippen molar-refractivity contribution in [1.82, 2.24) is 0 Å². The van der Waals surface area contributed by atoms with Crippen molar-refractivity contribution < 1.29 is 23.1 Å². The summed E-state index contributed by atoms with van der Waals surface area (Å²) >= 11 is 1.23. The van der Waals surface area contributed by atoms with E-state index in [1.54, 1.807) is 12.1 Å². The number of halogens is 2. The zero-order valence-electron chi connectivity index (χ0n) is 11.9. The van der Waals surface area contributed by atoms with Gasteiger partial charge in [0.2, 0.25) is 0 Å². The standard InChI is InChI=1S/C15H13F2NO3S/c1-8-6-7-12(22-8)15(20)21-9(2)14(19)18-13-10(16)4-3-5-11(13)17/h3-7,9H,1-2H3,(H,18,19). The van der Waals surface area contributed by atoms with Gasteiger partial charge in [-0.3, -0.25) is 4.79 Å². The fourth-order valence-corrected chi connectivity index (χ4v) is 2.41. The van der Waals surface area contributed by atoms with Gasteiger partial charge in [0.05, 0.1) is 0 Å². The van der Waals surface area contributed by atoms with E-state index in [1.165, 1.54) is 24.3 Å². The summed E-state index contributed by atoms with van der Waals surface area (Å²) in [5.74, 6) is -3.28. The molecule has 0 saturated carbocycles. The summed E-state index contributed by atoms with van der Waals surface area (Å²) in [5.41, 5.74) is -0.567. The molecule has 0 radical (unpaired) electrons. The van der Waals surface area contributed by atoms with Gasteiger partial charge >= 0.3 is 5.97 Å². The Balaban J connectivity index is 2.02. The molecule has 4 nitrogen and oxygen atoms in total. The van der Waals surface area contributed by atoms with Gasteiger partial charge in [-0.2, -0.15) is 0 Å². The molecular weight excluding hydrogens is 312 g/mol. The molecule has 1 N–H and O–H groups in total. The minimum absolute atomic E-state index is 0.356. The van der Waals surface area contributed by atoms with Crippen LogP contribution >= 0.6 is 11.3 Å². The molecule has 0 fully saturated rings. The second kappa shape index (κ2) is 6.65. The topological polar surface area (TPSA) is 55.4 Å². The summed E-state index contributed by atoms with van der Waals surface area (Å²) in [5, 5.41) is 2.08. The largest absolute Gasteiger partial charge is 0.448 e. The zero-order valence-corrected chi connectivity index (χ0v) is 12.7. The fraction of sp³-hybridized carbons (Fsp3) is 0.200. The average molecular weight is 325 g/mol. The van der Waals surface area contributed by atoms with Crippen molar-refractivity contribution >= 4 is 28.9 Å². The highest BCUT2D eigenvalue weighted by Crippen LogP contribution is 2.19. The van der Waals surface area contributed by atoms with Crippen LogP contribution in [0.4, 0.5) is 14.5 Å².